The third kappa shape index (κ3) is 2.01. The number of nitrogens with zero attached hydrogens (tertiary/aromatic N) is 3. The van der Waals surface area contributed by atoms with Crippen molar-refractivity contribution < 1.29 is 9.18 Å². The third-order valence-corrected chi connectivity index (χ3v) is 3.43. The van der Waals surface area contributed by atoms with Crippen LogP contribution in [0.3, 0.4) is 0 Å². The van der Waals surface area contributed by atoms with Crippen molar-refractivity contribution in [3.05, 3.63) is 47.8 Å². The summed E-state index contributed by atoms with van der Waals surface area (Å²) in [5.74, 6) is 0.417. The van der Waals surface area contributed by atoms with Crippen LogP contribution in [0, 0.1) is 5.82 Å². The molecule has 0 aliphatic carbocycles. The molecule has 0 atom stereocenters. The van der Waals surface area contributed by atoms with Gasteiger partial charge in [-0.15, -0.1) is 0 Å². The van der Waals surface area contributed by atoms with Crippen LogP contribution in [0.1, 0.15) is 23.1 Å². The molecule has 0 amide bonds. The van der Waals surface area contributed by atoms with Crippen molar-refractivity contribution in [2.45, 2.75) is 20.0 Å². The Labute approximate surface area is 110 Å². The van der Waals surface area contributed by atoms with Crippen molar-refractivity contribution in [3.8, 4) is 0 Å². The fourth-order valence-electron chi connectivity index (χ4n) is 2.49. The van der Waals surface area contributed by atoms with E-state index in [1.54, 1.807) is 18.3 Å². The highest BCUT2D eigenvalue weighted by Crippen LogP contribution is 2.28. The van der Waals surface area contributed by atoms with Crippen molar-refractivity contribution in [1.29, 1.82) is 0 Å². The molecule has 0 bridgehead atoms. The van der Waals surface area contributed by atoms with Gasteiger partial charge in [-0.3, -0.25) is 4.79 Å². The number of carbonyl (C=O) groups is 1. The summed E-state index contributed by atoms with van der Waals surface area (Å²) in [6.45, 7) is 3.41. The van der Waals surface area contributed by atoms with Gasteiger partial charge in [-0.25, -0.2) is 9.37 Å². The predicted octanol–water partition coefficient (Wildman–Crippen LogP) is 2.25. The van der Waals surface area contributed by atoms with Crippen LogP contribution in [0.2, 0.25) is 0 Å². The number of anilines is 1. The number of rotatable bonds is 2. The van der Waals surface area contributed by atoms with Crippen molar-refractivity contribution in [2.24, 2.45) is 0 Å². The summed E-state index contributed by atoms with van der Waals surface area (Å²) in [6, 6.07) is 4.63. The lowest BCUT2D eigenvalue weighted by atomic mass is 10.1. The number of aromatic nitrogens is 2. The average molecular weight is 259 g/mol. The van der Waals surface area contributed by atoms with E-state index in [-0.39, 0.29) is 11.6 Å². The lowest BCUT2D eigenvalue weighted by Gasteiger charge is -2.31. The number of carbonyl (C=O) groups excluding carboxylic acids is 1. The molecule has 0 radical (unpaired) electrons. The van der Waals surface area contributed by atoms with Gasteiger partial charge in [0.2, 0.25) is 0 Å². The average Bonchev–Trinajstić information content (AvgIpc) is 2.85. The first-order chi connectivity index (χ1) is 9.16. The molecule has 1 aromatic heterocycles. The van der Waals surface area contributed by atoms with E-state index in [0.29, 0.717) is 24.3 Å². The lowest BCUT2D eigenvalue weighted by Crippen LogP contribution is -2.35. The number of para-hydroxylation sites is 1. The maximum Gasteiger partial charge on any atom is 0.161 e. The Balaban J connectivity index is 2.02. The summed E-state index contributed by atoms with van der Waals surface area (Å²) >= 11 is 0. The van der Waals surface area contributed by atoms with Gasteiger partial charge in [-0.2, -0.15) is 0 Å². The van der Waals surface area contributed by atoms with E-state index in [0.717, 1.165) is 12.4 Å². The summed E-state index contributed by atoms with van der Waals surface area (Å²) in [5.41, 5.74) is 0.823. The van der Waals surface area contributed by atoms with Crippen LogP contribution >= 0.6 is 0 Å². The molecule has 0 saturated heterocycles. The summed E-state index contributed by atoms with van der Waals surface area (Å²) in [4.78, 5) is 17.8. The molecule has 0 fully saturated rings. The number of benzene rings is 1. The van der Waals surface area contributed by atoms with Crippen LogP contribution in [0.15, 0.2) is 30.6 Å². The number of ketones is 1. The first-order valence-electron chi connectivity index (χ1n) is 6.21. The van der Waals surface area contributed by atoms with E-state index in [1.807, 2.05) is 15.7 Å². The van der Waals surface area contributed by atoms with E-state index >= 15 is 0 Å². The first kappa shape index (κ1) is 11.9. The number of hydrogen-bond donors (Lipinski definition) is 0. The van der Waals surface area contributed by atoms with Crippen LogP contribution in [-0.2, 0) is 13.1 Å². The Bertz CT molecular complexity index is 635. The Hall–Kier alpha value is -2.17. The van der Waals surface area contributed by atoms with Crippen LogP contribution in [0.4, 0.5) is 10.1 Å². The monoisotopic (exact) mass is 259 g/mol. The normalized spacial score (nSPS) is 14.3. The number of imidazole rings is 1. The zero-order valence-electron chi connectivity index (χ0n) is 10.6. The Kier molecular flexibility index (Phi) is 2.81. The van der Waals surface area contributed by atoms with Gasteiger partial charge >= 0.3 is 0 Å². The Morgan fingerprint density at radius 3 is 3.00 bits per heavy atom. The molecule has 0 spiro atoms. The second kappa shape index (κ2) is 4.50. The number of halogens is 1. The molecule has 0 saturated carbocycles. The topological polar surface area (TPSA) is 38.1 Å². The smallest absolute Gasteiger partial charge is 0.161 e. The molecule has 2 heterocycles. The second-order valence-electron chi connectivity index (χ2n) is 4.65. The van der Waals surface area contributed by atoms with Gasteiger partial charge in [0.1, 0.15) is 11.6 Å². The molecule has 5 heteroatoms. The number of Topliss-reactive ketones (excluding diaryl/α,β-unsaturated/α-hetero) is 1. The standard InChI is InChI=1S/C14H14FN3O/c1-10(19)11-3-2-4-12(15)14(11)18-8-7-17-6-5-16-13(17)9-18/h2-6H,7-9H2,1H3. The van der Waals surface area contributed by atoms with Crippen molar-refractivity contribution in [1.82, 2.24) is 9.55 Å². The fraction of sp³-hybridized carbons (Fsp3) is 0.286. The van der Waals surface area contributed by atoms with Gasteiger partial charge in [0.15, 0.2) is 5.78 Å². The first-order valence-corrected chi connectivity index (χ1v) is 6.21. The maximum absolute atomic E-state index is 14.1. The molecule has 1 aliphatic rings. The Morgan fingerprint density at radius 1 is 1.37 bits per heavy atom. The van der Waals surface area contributed by atoms with Crippen molar-refractivity contribution in [3.63, 3.8) is 0 Å². The summed E-state index contributed by atoms with van der Waals surface area (Å²) in [7, 11) is 0. The zero-order valence-corrected chi connectivity index (χ0v) is 10.6. The number of hydrogen-bond acceptors (Lipinski definition) is 3. The van der Waals surface area contributed by atoms with Gasteiger partial charge in [0.05, 0.1) is 12.2 Å². The molecule has 4 nitrogen and oxygen atoms in total. The van der Waals surface area contributed by atoms with Crippen LogP contribution in [-0.4, -0.2) is 21.9 Å². The molecular formula is C14H14FN3O. The van der Waals surface area contributed by atoms with Gasteiger partial charge in [0.25, 0.3) is 0 Å². The predicted molar refractivity (Wildman–Crippen MR) is 69.7 cm³/mol. The summed E-state index contributed by atoms with van der Waals surface area (Å²) in [5, 5.41) is 0. The zero-order chi connectivity index (χ0) is 13.4. The third-order valence-electron chi connectivity index (χ3n) is 3.43. The minimum absolute atomic E-state index is 0.122. The van der Waals surface area contributed by atoms with E-state index in [1.165, 1.54) is 13.0 Å². The SMILES string of the molecule is CC(=O)c1cccc(F)c1N1CCn2ccnc2C1. The van der Waals surface area contributed by atoms with E-state index in [4.69, 9.17) is 0 Å². The number of fused-ring (bicyclic) bond motifs is 1. The highest BCUT2D eigenvalue weighted by molar-refractivity contribution is 5.99. The van der Waals surface area contributed by atoms with E-state index < -0.39 is 0 Å². The quantitative estimate of drug-likeness (QED) is 0.776. The molecule has 3 rings (SSSR count). The van der Waals surface area contributed by atoms with Gasteiger partial charge in [-0.1, -0.05) is 6.07 Å². The molecule has 2 aromatic rings. The van der Waals surface area contributed by atoms with Gasteiger partial charge in [0, 0.05) is 31.0 Å². The van der Waals surface area contributed by atoms with Crippen LogP contribution in [0.25, 0.3) is 0 Å². The maximum atomic E-state index is 14.1. The van der Waals surface area contributed by atoms with E-state index in [2.05, 4.69) is 4.98 Å². The lowest BCUT2D eigenvalue weighted by molar-refractivity contribution is 0.101. The molecule has 1 aromatic carbocycles. The summed E-state index contributed by atoms with van der Waals surface area (Å²) < 4.78 is 16.1. The molecule has 0 N–H and O–H groups in total. The van der Waals surface area contributed by atoms with Crippen LogP contribution < -0.4 is 4.90 Å². The van der Waals surface area contributed by atoms with Crippen LogP contribution in [0.5, 0.6) is 0 Å². The highest BCUT2D eigenvalue weighted by atomic mass is 19.1. The minimum Gasteiger partial charge on any atom is -0.359 e. The highest BCUT2D eigenvalue weighted by Gasteiger charge is 2.23. The molecule has 1 aliphatic heterocycles. The molecular weight excluding hydrogens is 245 g/mol. The largest absolute Gasteiger partial charge is 0.359 e. The summed E-state index contributed by atoms with van der Waals surface area (Å²) in [6.07, 6.45) is 3.66. The molecule has 98 valence electrons. The van der Waals surface area contributed by atoms with Crippen molar-refractivity contribution in [2.75, 3.05) is 11.4 Å². The van der Waals surface area contributed by atoms with Gasteiger partial charge < -0.3 is 9.47 Å². The van der Waals surface area contributed by atoms with Crippen molar-refractivity contribution >= 4 is 11.5 Å². The second-order valence-corrected chi connectivity index (χ2v) is 4.65. The minimum atomic E-state index is -0.354. The molecule has 0 unspecified atom stereocenters. The van der Waals surface area contributed by atoms with Gasteiger partial charge in [-0.05, 0) is 19.1 Å². The fourth-order valence-corrected chi connectivity index (χ4v) is 2.49. The Morgan fingerprint density at radius 2 is 2.21 bits per heavy atom. The van der Waals surface area contributed by atoms with E-state index in [9.17, 15) is 9.18 Å². The molecule has 19 heavy (non-hydrogen) atoms.